The van der Waals surface area contributed by atoms with E-state index < -0.39 is 0 Å². The van der Waals surface area contributed by atoms with E-state index in [9.17, 15) is 0 Å². The Morgan fingerprint density at radius 3 is 3.06 bits per heavy atom. The highest BCUT2D eigenvalue weighted by Crippen LogP contribution is 2.26. The van der Waals surface area contributed by atoms with Gasteiger partial charge in [0.1, 0.15) is 12.1 Å². The van der Waals surface area contributed by atoms with E-state index in [0.29, 0.717) is 17.7 Å². The molecule has 2 rings (SSSR count). The molecule has 0 bridgehead atoms. The van der Waals surface area contributed by atoms with Crippen LogP contribution in [0.4, 0.5) is 5.82 Å². The number of hydrogen-bond donors (Lipinski definition) is 1. The third-order valence-corrected chi connectivity index (χ3v) is 4.49. The quantitative estimate of drug-likeness (QED) is 0.889. The summed E-state index contributed by atoms with van der Waals surface area (Å²) in [6.07, 6.45) is 5.59. The average Bonchev–Trinajstić information content (AvgIpc) is 2.41. The lowest BCUT2D eigenvalue weighted by molar-refractivity contribution is 0.324. The lowest BCUT2D eigenvalue weighted by Gasteiger charge is -2.22. The minimum Gasteiger partial charge on any atom is -0.478 e. The van der Waals surface area contributed by atoms with Crippen molar-refractivity contribution in [2.24, 2.45) is 0 Å². The van der Waals surface area contributed by atoms with Crippen molar-refractivity contribution in [1.29, 1.82) is 0 Å². The largest absolute Gasteiger partial charge is 0.478 e. The Balaban J connectivity index is 1.93. The van der Waals surface area contributed by atoms with Gasteiger partial charge >= 0.3 is 0 Å². The minimum absolute atomic E-state index is 0.635. The molecular weight excluding hydrogens is 246 g/mol. The second kappa shape index (κ2) is 6.83. The zero-order chi connectivity index (χ0) is 12.8. The van der Waals surface area contributed by atoms with Crippen molar-refractivity contribution in [3.63, 3.8) is 0 Å². The van der Waals surface area contributed by atoms with Gasteiger partial charge in [0, 0.05) is 11.8 Å². The average molecular weight is 267 g/mol. The Hall–Kier alpha value is -0.970. The van der Waals surface area contributed by atoms with Crippen LogP contribution in [-0.4, -0.2) is 34.1 Å². The zero-order valence-corrected chi connectivity index (χ0v) is 11.9. The maximum atomic E-state index is 5.47. The van der Waals surface area contributed by atoms with Crippen LogP contribution in [0.1, 0.15) is 31.7 Å². The molecule has 4 nitrogen and oxygen atoms in total. The molecule has 18 heavy (non-hydrogen) atoms. The monoisotopic (exact) mass is 267 g/mol. The van der Waals surface area contributed by atoms with Gasteiger partial charge in [-0.25, -0.2) is 9.97 Å². The number of thioether (sulfide) groups is 1. The molecule has 0 spiro atoms. The standard InChI is InChI=1S/C13H21N3OS/c1-3-17-13-10(2)12(15-9-16-13)14-8-11-6-4-5-7-18-11/h9,11H,3-8H2,1-2H3,(H,14,15,16). The van der Waals surface area contributed by atoms with Gasteiger partial charge < -0.3 is 10.1 Å². The van der Waals surface area contributed by atoms with Crippen LogP contribution in [0.3, 0.4) is 0 Å². The summed E-state index contributed by atoms with van der Waals surface area (Å²) >= 11 is 2.07. The fraction of sp³-hybridized carbons (Fsp3) is 0.692. The normalized spacial score (nSPS) is 19.6. The molecule has 0 amide bonds. The van der Waals surface area contributed by atoms with Gasteiger partial charge in [-0.1, -0.05) is 6.42 Å². The summed E-state index contributed by atoms with van der Waals surface area (Å²) in [6, 6.07) is 0. The molecule has 1 aliphatic heterocycles. The Morgan fingerprint density at radius 1 is 1.44 bits per heavy atom. The fourth-order valence-corrected chi connectivity index (χ4v) is 3.31. The molecule has 1 unspecified atom stereocenters. The van der Waals surface area contributed by atoms with E-state index in [1.165, 1.54) is 25.0 Å². The number of hydrogen-bond acceptors (Lipinski definition) is 5. The molecule has 0 aliphatic carbocycles. The molecule has 1 saturated heterocycles. The summed E-state index contributed by atoms with van der Waals surface area (Å²) < 4.78 is 5.47. The lowest BCUT2D eigenvalue weighted by atomic mass is 10.2. The number of rotatable bonds is 5. The first-order valence-corrected chi connectivity index (χ1v) is 7.66. The van der Waals surface area contributed by atoms with Crippen LogP contribution in [0.15, 0.2) is 6.33 Å². The molecule has 1 aromatic rings. The van der Waals surface area contributed by atoms with Crippen molar-refractivity contribution >= 4 is 17.6 Å². The highest BCUT2D eigenvalue weighted by Gasteiger charge is 2.15. The highest BCUT2D eigenvalue weighted by molar-refractivity contribution is 7.99. The van der Waals surface area contributed by atoms with Crippen molar-refractivity contribution in [2.75, 3.05) is 24.2 Å². The van der Waals surface area contributed by atoms with Gasteiger partial charge in [-0.2, -0.15) is 11.8 Å². The minimum atomic E-state index is 0.635. The Bertz CT molecular complexity index is 380. The molecular formula is C13H21N3OS. The van der Waals surface area contributed by atoms with E-state index in [1.54, 1.807) is 6.33 Å². The number of nitrogens with one attached hydrogen (secondary N) is 1. The van der Waals surface area contributed by atoms with E-state index in [0.717, 1.165) is 17.9 Å². The van der Waals surface area contributed by atoms with E-state index in [2.05, 4.69) is 27.0 Å². The third-order valence-electron chi connectivity index (χ3n) is 3.09. The van der Waals surface area contributed by atoms with Gasteiger partial charge in [0.15, 0.2) is 0 Å². The van der Waals surface area contributed by atoms with Crippen LogP contribution in [0.25, 0.3) is 0 Å². The molecule has 1 N–H and O–H groups in total. The summed E-state index contributed by atoms with van der Waals surface area (Å²) in [7, 11) is 0. The van der Waals surface area contributed by atoms with Gasteiger partial charge in [0.25, 0.3) is 0 Å². The van der Waals surface area contributed by atoms with E-state index in [4.69, 9.17) is 4.74 Å². The highest BCUT2D eigenvalue weighted by atomic mass is 32.2. The summed E-state index contributed by atoms with van der Waals surface area (Å²) in [4.78, 5) is 8.44. The predicted molar refractivity (Wildman–Crippen MR) is 76.5 cm³/mol. The molecule has 100 valence electrons. The van der Waals surface area contributed by atoms with Gasteiger partial charge in [-0.05, 0) is 32.4 Å². The second-order valence-corrected chi connectivity index (χ2v) is 5.86. The van der Waals surface area contributed by atoms with E-state index >= 15 is 0 Å². The van der Waals surface area contributed by atoms with Crippen LogP contribution >= 0.6 is 11.8 Å². The summed E-state index contributed by atoms with van der Waals surface area (Å²) in [5, 5.41) is 4.14. The maximum absolute atomic E-state index is 5.47. The van der Waals surface area contributed by atoms with Crippen molar-refractivity contribution < 1.29 is 4.74 Å². The van der Waals surface area contributed by atoms with Crippen LogP contribution in [0.2, 0.25) is 0 Å². The van der Waals surface area contributed by atoms with Crippen molar-refractivity contribution in [2.45, 2.75) is 38.4 Å². The molecule has 2 heterocycles. The predicted octanol–water partition coefficient (Wildman–Crippen LogP) is 2.88. The van der Waals surface area contributed by atoms with E-state index in [1.807, 2.05) is 13.8 Å². The number of nitrogens with zero attached hydrogens (tertiary/aromatic N) is 2. The first-order chi connectivity index (χ1) is 8.81. The molecule has 0 aromatic carbocycles. The van der Waals surface area contributed by atoms with Crippen LogP contribution in [0.5, 0.6) is 5.88 Å². The van der Waals surface area contributed by atoms with Gasteiger partial charge in [0.05, 0.1) is 12.2 Å². The van der Waals surface area contributed by atoms with Gasteiger partial charge in [0.2, 0.25) is 5.88 Å². The summed E-state index contributed by atoms with van der Waals surface area (Å²) in [5.74, 6) is 2.88. The lowest BCUT2D eigenvalue weighted by Crippen LogP contribution is -2.21. The van der Waals surface area contributed by atoms with Crippen molar-refractivity contribution in [3.8, 4) is 5.88 Å². The number of ether oxygens (including phenoxy) is 1. The van der Waals surface area contributed by atoms with Crippen LogP contribution < -0.4 is 10.1 Å². The van der Waals surface area contributed by atoms with Crippen LogP contribution in [0, 0.1) is 6.92 Å². The molecule has 0 radical (unpaired) electrons. The summed E-state index contributed by atoms with van der Waals surface area (Å²) in [6.45, 7) is 5.58. The molecule has 5 heteroatoms. The Morgan fingerprint density at radius 2 is 2.33 bits per heavy atom. The molecule has 0 saturated carbocycles. The zero-order valence-electron chi connectivity index (χ0n) is 11.1. The van der Waals surface area contributed by atoms with Gasteiger partial charge in [-0.15, -0.1) is 0 Å². The summed E-state index contributed by atoms with van der Waals surface area (Å²) in [5.41, 5.74) is 1.00. The van der Waals surface area contributed by atoms with Crippen molar-refractivity contribution in [1.82, 2.24) is 9.97 Å². The molecule has 1 atom stereocenters. The number of aromatic nitrogens is 2. The number of anilines is 1. The molecule has 1 fully saturated rings. The smallest absolute Gasteiger partial charge is 0.221 e. The fourth-order valence-electron chi connectivity index (χ4n) is 2.07. The first-order valence-electron chi connectivity index (χ1n) is 6.61. The second-order valence-electron chi connectivity index (χ2n) is 4.45. The SMILES string of the molecule is CCOc1ncnc(NCC2CCCCS2)c1C. The van der Waals surface area contributed by atoms with Gasteiger partial charge in [-0.3, -0.25) is 0 Å². The molecule has 1 aromatic heterocycles. The van der Waals surface area contributed by atoms with Crippen molar-refractivity contribution in [3.05, 3.63) is 11.9 Å². The van der Waals surface area contributed by atoms with E-state index in [-0.39, 0.29) is 0 Å². The first kappa shape index (κ1) is 13.5. The third kappa shape index (κ3) is 3.51. The Kier molecular flexibility index (Phi) is 5.11. The molecule has 1 aliphatic rings. The topological polar surface area (TPSA) is 47.0 Å². The van der Waals surface area contributed by atoms with Crippen LogP contribution in [-0.2, 0) is 0 Å². The maximum Gasteiger partial charge on any atom is 0.221 e. The Labute approximate surface area is 113 Å².